The van der Waals surface area contributed by atoms with Crippen molar-refractivity contribution in [2.75, 3.05) is 20.1 Å². The number of rotatable bonds is 7. The van der Waals surface area contributed by atoms with Gasteiger partial charge in [-0.1, -0.05) is 32.9 Å². The van der Waals surface area contributed by atoms with Gasteiger partial charge in [0.25, 0.3) is 0 Å². The van der Waals surface area contributed by atoms with Crippen LogP contribution in [0.2, 0.25) is 0 Å². The van der Waals surface area contributed by atoms with Gasteiger partial charge < -0.3 is 10.6 Å². The second kappa shape index (κ2) is 10.8. The van der Waals surface area contributed by atoms with Gasteiger partial charge in [-0.05, 0) is 24.1 Å². The summed E-state index contributed by atoms with van der Waals surface area (Å²) in [4.78, 5) is 8.82. The summed E-state index contributed by atoms with van der Waals surface area (Å²) in [6.07, 6.45) is 1.85. The topological polar surface area (TPSA) is 49.3 Å². The van der Waals surface area contributed by atoms with Gasteiger partial charge in [-0.3, -0.25) is 4.99 Å². The standard InChI is InChI=1S/C19H27FN4S.HI/c1-5-17-24-16(12-25-17)9-10-22-18(21-4)23-13-19(2,3)14-7-6-8-15(20)11-14;/h6-8,11-12H,5,9-10,13H2,1-4H3,(H2,21,22,23);1H. The van der Waals surface area contributed by atoms with Crippen molar-refractivity contribution in [3.63, 3.8) is 0 Å². The van der Waals surface area contributed by atoms with E-state index < -0.39 is 0 Å². The fourth-order valence-electron chi connectivity index (χ4n) is 2.47. The largest absolute Gasteiger partial charge is 0.356 e. The number of aromatic nitrogens is 1. The van der Waals surface area contributed by atoms with Crippen molar-refractivity contribution in [3.8, 4) is 0 Å². The van der Waals surface area contributed by atoms with Gasteiger partial charge in [-0.25, -0.2) is 9.37 Å². The van der Waals surface area contributed by atoms with Crippen LogP contribution in [-0.2, 0) is 18.3 Å². The fraction of sp³-hybridized carbons (Fsp3) is 0.474. The Morgan fingerprint density at radius 2 is 2.08 bits per heavy atom. The average molecular weight is 490 g/mol. The molecule has 0 atom stereocenters. The van der Waals surface area contributed by atoms with Crippen LogP contribution in [0.3, 0.4) is 0 Å². The summed E-state index contributed by atoms with van der Waals surface area (Å²) >= 11 is 1.71. The highest BCUT2D eigenvalue weighted by molar-refractivity contribution is 14.0. The van der Waals surface area contributed by atoms with Crippen LogP contribution in [0.1, 0.15) is 37.0 Å². The number of nitrogens with zero attached hydrogens (tertiary/aromatic N) is 2. The van der Waals surface area contributed by atoms with Crippen LogP contribution < -0.4 is 10.6 Å². The first-order valence-electron chi connectivity index (χ1n) is 8.58. The number of hydrogen-bond donors (Lipinski definition) is 2. The van der Waals surface area contributed by atoms with Gasteiger partial charge in [0, 0.05) is 37.4 Å². The molecule has 1 heterocycles. The summed E-state index contributed by atoms with van der Waals surface area (Å²) in [5.41, 5.74) is 1.87. The molecule has 0 saturated heterocycles. The van der Waals surface area contributed by atoms with E-state index >= 15 is 0 Å². The molecule has 144 valence electrons. The van der Waals surface area contributed by atoms with Gasteiger partial charge in [0.2, 0.25) is 0 Å². The maximum atomic E-state index is 13.5. The van der Waals surface area contributed by atoms with Crippen molar-refractivity contribution in [1.82, 2.24) is 15.6 Å². The van der Waals surface area contributed by atoms with Crippen LogP contribution in [0.15, 0.2) is 34.6 Å². The number of aliphatic imine (C=N–C) groups is 1. The summed E-state index contributed by atoms with van der Waals surface area (Å²) < 4.78 is 13.5. The highest BCUT2D eigenvalue weighted by atomic mass is 127. The van der Waals surface area contributed by atoms with Crippen LogP contribution >= 0.6 is 35.3 Å². The predicted molar refractivity (Wildman–Crippen MR) is 119 cm³/mol. The first-order chi connectivity index (χ1) is 11.9. The third-order valence-electron chi connectivity index (χ3n) is 4.10. The Kier molecular flexibility index (Phi) is 9.49. The lowest BCUT2D eigenvalue weighted by Gasteiger charge is -2.26. The molecule has 0 fully saturated rings. The Morgan fingerprint density at radius 3 is 2.69 bits per heavy atom. The minimum Gasteiger partial charge on any atom is -0.356 e. The second-order valence-corrected chi connectivity index (χ2v) is 7.53. The van der Waals surface area contributed by atoms with Gasteiger partial charge in [-0.15, -0.1) is 35.3 Å². The van der Waals surface area contributed by atoms with Crippen molar-refractivity contribution in [1.29, 1.82) is 0 Å². The minimum atomic E-state index is -0.206. The minimum absolute atomic E-state index is 0. The monoisotopic (exact) mass is 490 g/mol. The average Bonchev–Trinajstić information content (AvgIpc) is 3.06. The molecule has 0 spiro atoms. The van der Waals surface area contributed by atoms with E-state index in [1.165, 1.54) is 11.1 Å². The van der Waals surface area contributed by atoms with Crippen LogP contribution in [0.4, 0.5) is 4.39 Å². The Morgan fingerprint density at radius 1 is 1.31 bits per heavy atom. The molecule has 2 N–H and O–H groups in total. The highest BCUT2D eigenvalue weighted by Crippen LogP contribution is 2.22. The lowest BCUT2D eigenvalue weighted by atomic mass is 9.84. The van der Waals surface area contributed by atoms with Crippen LogP contribution in [0.5, 0.6) is 0 Å². The summed E-state index contributed by atoms with van der Waals surface area (Å²) in [6.45, 7) is 7.72. The zero-order chi connectivity index (χ0) is 18.3. The van der Waals surface area contributed by atoms with Gasteiger partial charge in [-0.2, -0.15) is 0 Å². The fourth-order valence-corrected chi connectivity index (χ4v) is 3.25. The molecule has 0 bridgehead atoms. The van der Waals surface area contributed by atoms with Crippen LogP contribution in [0, 0.1) is 5.82 Å². The summed E-state index contributed by atoms with van der Waals surface area (Å²) in [6, 6.07) is 6.76. The molecule has 0 amide bonds. The van der Waals surface area contributed by atoms with E-state index in [4.69, 9.17) is 0 Å². The van der Waals surface area contributed by atoms with E-state index in [9.17, 15) is 4.39 Å². The summed E-state index contributed by atoms with van der Waals surface area (Å²) in [7, 11) is 1.75. The number of halogens is 2. The van der Waals surface area contributed by atoms with E-state index in [-0.39, 0.29) is 35.2 Å². The smallest absolute Gasteiger partial charge is 0.191 e. The van der Waals surface area contributed by atoms with Crippen LogP contribution in [-0.4, -0.2) is 31.1 Å². The van der Waals surface area contributed by atoms with Gasteiger partial charge in [0.15, 0.2) is 5.96 Å². The number of hydrogen-bond acceptors (Lipinski definition) is 3. The second-order valence-electron chi connectivity index (χ2n) is 6.58. The molecule has 0 unspecified atom stereocenters. The molecule has 26 heavy (non-hydrogen) atoms. The van der Waals surface area contributed by atoms with Crippen molar-refractivity contribution >= 4 is 41.3 Å². The first kappa shape index (κ1) is 22.8. The molecular formula is C19H28FIN4S. The van der Waals surface area contributed by atoms with Crippen molar-refractivity contribution in [3.05, 3.63) is 51.7 Å². The predicted octanol–water partition coefficient (Wildman–Crippen LogP) is 4.15. The number of thiazole rings is 1. The maximum absolute atomic E-state index is 13.5. The molecule has 0 aliphatic carbocycles. The number of nitrogens with one attached hydrogen (secondary N) is 2. The number of guanidine groups is 1. The van der Waals surface area contributed by atoms with Crippen molar-refractivity contribution < 1.29 is 4.39 Å². The van der Waals surface area contributed by atoms with E-state index in [2.05, 4.69) is 46.8 Å². The molecule has 1 aromatic carbocycles. The lowest BCUT2D eigenvalue weighted by molar-refractivity contribution is 0.503. The third-order valence-corrected chi connectivity index (χ3v) is 5.14. The first-order valence-corrected chi connectivity index (χ1v) is 9.46. The Labute approximate surface area is 176 Å². The molecule has 0 saturated carbocycles. The Balaban J connectivity index is 0.00000338. The molecule has 7 heteroatoms. The Bertz CT molecular complexity index is 715. The third kappa shape index (κ3) is 6.83. The van der Waals surface area contributed by atoms with Gasteiger partial charge >= 0.3 is 0 Å². The van der Waals surface area contributed by atoms with E-state index in [0.29, 0.717) is 6.54 Å². The van der Waals surface area contributed by atoms with Crippen molar-refractivity contribution in [2.45, 2.75) is 39.0 Å². The Hall–Kier alpha value is -1.22. The number of aryl methyl sites for hydroxylation is 1. The quantitative estimate of drug-likeness (QED) is 0.349. The molecule has 0 aliphatic heterocycles. The van der Waals surface area contributed by atoms with E-state index in [1.807, 2.05) is 6.07 Å². The molecule has 0 aliphatic rings. The summed E-state index contributed by atoms with van der Waals surface area (Å²) in [5.74, 6) is 0.540. The SMILES string of the molecule is CCc1nc(CCNC(=NC)NCC(C)(C)c2cccc(F)c2)cs1.I. The molecular weight excluding hydrogens is 462 g/mol. The lowest BCUT2D eigenvalue weighted by Crippen LogP contribution is -2.44. The van der Waals surface area contributed by atoms with E-state index in [0.717, 1.165) is 36.6 Å². The normalized spacial score (nSPS) is 11.8. The molecule has 2 rings (SSSR count). The van der Waals surface area contributed by atoms with Crippen molar-refractivity contribution in [2.24, 2.45) is 4.99 Å². The van der Waals surface area contributed by atoms with Gasteiger partial charge in [0.1, 0.15) is 5.82 Å². The molecule has 4 nitrogen and oxygen atoms in total. The van der Waals surface area contributed by atoms with Crippen LogP contribution in [0.25, 0.3) is 0 Å². The van der Waals surface area contributed by atoms with Gasteiger partial charge in [0.05, 0.1) is 10.7 Å². The summed E-state index contributed by atoms with van der Waals surface area (Å²) in [5, 5.41) is 9.93. The highest BCUT2D eigenvalue weighted by Gasteiger charge is 2.21. The molecule has 2 aromatic rings. The zero-order valence-electron chi connectivity index (χ0n) is 15.8. The number of benzene rings is 1. The molecule has 0 radical (unpaired) electrons. The zero-order valence-corrected chi connectivity index (χ0v) is 19.0. The maximum Gasteiger partial charge on any atom is 0.191 e. The molecule has 1 aromatic heterocycles. The van der Waals surface area contributed by atoms with E-state index in [1.54, 1.807) is 30.5 Å².